The molecule has 5 aromatic heterocycles. The van der Waals surface area contributed by atoms with Gasteiger partial charge in [0.25, 0.3) is 0 Å². The van der Waals surface area contributed by atoms with Crippen molar-refractivity contribution < 1.29 is 0 Å². The van der Waals surface area contributed by atoms with E-state index in [4.69, 9.17) is 9.97 Å². The molecular weight excluding hydrogens is 961 g/mol. The Morgan fingerprint density at radius 2 is 0.797 bits per heavy atom. The number of benzene rings is 10. The van der Waals surface area contributed by atoms with Crippen LogP contribution in [0.3, 0.4) is 0 Å². The Hall–Kier alpha value is -10.6. The average molecular weight is 1000 g/mol. The summed E-state index contributed by atoms with van der Waals surface area (Å²) in [6.45, 7) is 0. The molecule has 0 saturated heterocycles. The van der Waals surface area contributed by atoms with Gasteiger partial charge in [-0.25, -0.2) is 9.97 Å². The van der Waals surface area contributed by atoms with Crippen molar-refractivity contribution >= 4 is 54.4 Å². The summed E-state index contributed by atoms with van der Waals surface area (Å²) < 4.78 is 4.91. The molecule has 1 spiro atoms. The molecule has 0 saturated carbocycles. The Labute approximate surface area is 453 Å². The van der Waals surface area contributed by atoms with E-state index >= 15 is 0 Å². The minimum atomic E-state index is -0.741. The second-order valence-corrected chi connectivity index (χ2v) is 21.2. The van der Waals surface area contributed by atoms with E-state index < -0.39 is 5.41 Å². The summed E-state index contributed by atoms with van der Waals surface area (Å²) >= 11 is 0. The van der Waals surface area contributed by atoms with Crippen molar-refractivity contribution in [2.45, 2.75) is 5.41 Å². The molecule has 6 nitrogen and oxygen atoms in total. The standard InChI is InChI=1S/C73H42N6/c1-6-26-58-53(23-1)70-61(39-57-52-24-11-15-43-16-12-25-54(68(43)52)69(57)71(70)72-76-62(44-17-13-35-74-41-44)40-63(77-72)45-18-14-36-75-42-45)73(58)59-33-31-46(78-64-27-7-2-19-48(64)49-20-3-8-28-65(49)78)37-55(59)56-38-47(32-34-60(56)73)79-66-29-9-4-21-50(66)51-22-5-10-30-67(51)79/h1-42H. The van der Waals surface area contributed by atoms with Crippen molar-refractivity contribution in [3.05, 3.63) is 278 Å². The molecule has 15 aromatic rings. The number of hydrogen-bond acceptors (Lipinski definition) is 4. The lowest BCUT2D eigenvalue weighted by Crippen LogP contribution is -2.26. The summed E-state index contributed by atoms with van der Waals surface area (Å²) in [7, 11) is 0. The minimum Gasteiger partial charge on any atom is -0.309 e. The number of para-hydroxylation sites is 4. The SMILES string of the molecule is c1cncc(-c2cc(-c3cccnc3)nc(-c3c4c(cc5c3-c3ccccc3C53c5ccc(-n6c7ccccc7c7ccccc76)cc5-c5cc(-n6c7ccccc7c7ccccc76)ccc53)-c3cccc5cccc-4c35)n2)c1. The van der Waals surface area contributed by atoms with Gasteiger partial charge in [-0.05, 0) is 157 Å². The van der Waals surface area contributed by atoms with Crippen LogP contribution in [0.1, 0.15) is 22.3 Å². The van der Waals surface area contributed by atoms with Gasteiger partial charge in [-0.2, -0.15) is 0 Å². The summed E-state index contributed by atoms with van der Waals surface area (Å²) in [5, 5.41) is 7.41. The highest BCUT2D eigenvalue weighted by Gasteiger charge is 2.54. The van der Waals surface area contributed by atoms with Gasteiger partial charge in [0, 0.05) is 80.0 Å². The highest BCUT2D eigenvalue weighted by Crippen LogP contribution is 2.67. The zero-order valence-electron chi connectivity index (χ0n) is 42.4. The fraction of sp³-hybridized carbons (Fsp3) is 0.0137. The van der Waals surface area contributed by atoms with Crippen LogP contribution in [0.25, 0.3) is 144 Å². The van der Waals surface area contributed by atoms with Crippen LogP contribution in [0.15, 0.2) is 255 Å². The third kappa shape index (κ3) is 5.63. The fourth-order valence-corrected chi connectivity index (χ4v) is 14.4. The van der Waals surface area contributed by atoms with Crippen molar-refractivity contribution in [2.24, 2.45) is 0 Å². The van der Waals surface area contributed by atoms with Crippen molar-refractivity contribution in [1.82, 2.24) is 29.1 Å². The van der Waals surface area contributed by atoms with E-state index in [-0.39, 0.29) is 0 Å². The predicted octanol–water partition coefficient (Wildman–Crippen LogP) is 17.6. The van der Waals surface area contributed by atoms with Crippen LogP contribution < -0.4 is 0 Å². The Morgan fingerprint density at radius 3 is 1.33 bits per heavy atom. The molecule has 0 N–H and O–H groups in total. The molecule has 0 amide bonds. The number of hydrogen-bond donors (Lipinski definition) is 0. The summed E-state index contributed by atoms with van der Waals surface area (Å²) in [6.07, 6.45) is 7.42. The molecule has 6 heteroatoms. The minimum absolute atomic E-state index is 0.659. The van der Waals surface area contributed by atoms with Gasteiger partial charge in [0.15, 0.2) is 5.82 Å². The third-order valence-electron chi connectivity index (χ3n) is 17.4. The second kappa shape index (κ2) is 15.8. The molecule has 18 rings (SSSR count). The molecule has 0 atom stereocenters. The topological polar surface area (TPSA) is 61.4 Å². The largest absolute Gasteiger partial charge is 0.309 e. The third-order valence-corrected chi connectivity index (χ3v) is 17.4. The zero-order chi connectivity index (χ0) is 51.5. The average Bonchev–Trinajstić information content (AvgIpc) is 2.81. The van der Waals surface area contributed by atoms with Gasteiger partial charge < -0.3 is 9.13 Å². The Morgan fingerprint density at radius 1 is 0.316 bits per heavy atom. The van der Waals surface area contributed by atoms with Gasteiger partial charge in [-0.15, -0.1) is 0 Å². The van der Waals surface area contributed by atoms with Crippen LogP contribution in [0.2, 0.25) is 0 Å². The molecule has 0 radical (unpaired) electrons. The normalized spacial score (nSPS) is 13.2. The molecule has 3 aliphatic carbocycles. The van der Waals surface area contributed by atoms with Crippen LogP contribution in [0.4, 0.5) is 0 Å². The molecular formula is C73H42N6. The Balaban J connectivity index is 0.989. The maximum absolute atomic E-state index is 5.66. The molecule has 5 heterocycles. The van der Waals surface area contributed by atoms with Crippen LogP contribution in [0, 0.1) is 0 Å². The van der Waals surface area contributed by atoms with Gasteiger partial charge in [0.05, 0.1) is 38.9 Å². The fourth-order valence-electron chi connectivity index (χ4n) is 14.4. The smallest absolute Gasteiger partial charge is 0.161 e. The maximum atomic E-state index is 5.66. The summed E-state index contributed by atoms with van der Waals surface area (Å²) in [4.78, 5) is 20.5. The zero-order valence-corrected chi connectivity index (χ0v) is 42.4. The van der Waals surface area contributed by atoms with Crippen molar-refractivity contribution in [2.75, 3.05) is 0 Å². The molecule has 10 aromatic carbocycles. The van der Waals surface area contributed by atoms with Gasteiger partial charge in [0.2, 0.25) is 0 Å². The molecule has 364 valence electrons. The van der Waals surface area contributed by atoms with Crippen molar-refractivity contribution in [1.29, 1.82) is 0 Å². The summed E-state index contributed by atoms with van der Waals surface area (Å²) in [6, 6.07) is 85.2. The molecule has 0 bridgehead atoms. The summed E-state index contributed by atoms with van der Waals surface area (Å²) in [5.41, 5.74) is 25.1. The first kappa shape index (κ1) is 42.6. The van der Waals surface area contributed by atoms with E-state index in [0.29, 0.717) is 5.82 Å². The number of fused-ring (bicyclic) bond motifs is 19. The quantitative estimate of drug-likeness (QED) is 0.172. The van der Waals surface area contributed by atoms with E-state index in [1.165, 1.54) is 110 Å². The predicted molar refractivity (Wildman–Crippen MR) is 321 cm³/mol. The van der Waals surface area contributed by atoms with Crippen molar-refractivity contribution in [3.8, 4) is 89.8 Å². The van der Waals surface area contributed by atoms with E-state index in [1.807, 2.05) is 36.9 Å². The van der Waals surface area contributed by atoms with E-state index in [9.17, 15) is 0 Å². The number of nitrogens with zero attached hydrogens (tertiary/aromatic N) is 6. The van der Waals surface area contributed by atoms with Gasteiger partial charge in [0.1, 0.15) is 0 Å². The molecule has 0 fully saturated rings. The summed E-state index contributed by atoms with van der Waals surface area (Å²) in [5.74, 6) is 0.659. The second-order valence-electron chi connectivity index (χ2n) is 21.2. The van der Waals surface area contributed by atoms with Gasteiger partial charge in [-0.3, -0.25) is 9.97 Å². The highest BCUT2D eigenvalue weighted by atomic mass is 15.0. The lowest BCUT2D eigenvalue weighted by molar-refractivity contribution is 0.793. The number of rotatable bonds is 5. The monoisotopic (exact) mass is 1000 g/mol. The molecule has 0 unspecified atom stereocenters. The van der Waals surface area contributed by atoms with Crippen LogP contribution in [-0.2, 0) is 5.41 Å². The van der Waals surface area contributed by atoms with Gasteiger partial charge >= 0.3 is 0 Å². The highest BCUT2D eigenvalue weighted by molar-refractivity contribution is 6.21. The first-order valence-corrected chi connectivity index (χ1v) is 27.0. The van der Waals surface area contributed by atoms with Crippen LogP contribution in [0.5, 0.6) is 0 Å². The Kier molecular flexibility index (Phi) is 8.51. The van der Waals surface area contributed by atoms with Crippen LogP contribution in [-0.4, -0.2) is 29.1 Å². The maximum Gasteiger partial charge on any atom is 0.161 e. The Bertz CT molecular complexity index is 4810. The number of pyridine rings is 2. The van der Waals surface area contributed by atoms with Gasteiger partial charge in [-0.1, -0.05) is 146 Å². The van der Waals surface area contributed by atoms with Crippen molar-refractivity contribution in [3.63, 3.8) is 0 Å². The van der Waals surface area contributed by atoms with E-state index in [2.05, 4.69) is 237 Å². The van der Waals surface area contributed by atoms with Crippen LogP contribution >= 0.6 is 0 Å². The van der Waals surface area contributed by atoms with E-state index in [0.717, 1.165) is 50.6 Å². The number of aromatic nitrogens is 6. The first-order valence-electron chi connectivity index (χ1n) is 27.0. The molecule has 3 aliphatic rings. The van der Waals surface area contributed by atoms with E-state index in [1.54, 1.807) is 0 Å². The molecule has 79 heavy (non-hydrogen) atoms. The lowest BCUT2D eigenvalue weighted by Gasteiger charge is -2.31. The lowest BCUT2D eigenvalue weighted by atomic mass is 9.69. The first-order chi connectivity index (χ1) is 39.2. The molecule has 0 aliphatic heterocycles.